The van der Waals surface area contributed by atoms with Gasteiger partial charge >= 0.3 is 0 Å². The van der Waals surface area contributed by atoms with E-state index in [0.29, 0.717) is 0 Å². The molecule has 98 valence electrons. The largest absolute Gasteiger partial charge is 0.396 e. The molecular formula is C12H24N4O. The van der Waals surface area contributed by atoms with E-state index in [4.69, 9.17) is 5.11 Å². The maximum Gasteiger partial charge on any atom is 0.204 e. The monoisotopic (exact) mass is 240 g/mol. The number of nitrogens with zero attached hydrogens (tertiary/aromatic N) is 3. The van der Waals surface area contributed by atoms with Crippen LogP contribution in [0.3, 0.4) is 0 Å². The van der Waals surface area contributed by atoms with E-state index in [1.54, 1.807) is 0 Å². The minimum atomic E-state index is 0.211. The molecule has 1 heterocycles. The Balaban J connectivity index is 2.58. The van der Waals surface area contributed by atoms with Crippen molar-refractivity contribution in [3.8, 4) is 0 Å². The van der Waals surface area contributed by atoms with E-state index >= 15 is 0 Å². The van der Waals surface area contributed by atoms with Crippen molar-refractivity contribution in [3.63, 3.8) is 0 Å². The van der Waals surface area contributed by atoms with E-state index in [0.717, 1.165) is 18.2 Å². The normalized spacial score (nSPS) is 14.7. The quantitative estimate of drug-likeness (QED) is 0.764. The first-order valence-electron chi connectivity index (χ1n) is 5.99. The lowest BCUT2D eigenvalue weighted by atomic mass is 10.1. The molecule has 5 nitrogen and oxygen atoms in total. The summed E-state index contributed by atoms with van der Waals surface area (Å²) in [5.41, 5.74) is 1.14. The zero-order chi connectivity index (χ0) is 13.0. The van der Waals surface area contributed by atoms with E-state index < -0.39 is 0 Å². The first-order valence-corrected chi connectivity index (χ1v) is 5.99. The molecule has 0 aromatic carbocycles. The SMILES string of the molecule is CC(CO)C(C)NCc1cnc(N(C)C)n1C. The molecule has 0 bridgehead atoms. The summed E-state index contributed by atoms with van der Waals surface area (Å²) in [6, 6.07) is 0.290. The fraction of sp³-hybridized carbons (Fsp3) is 0.750. The minimum absolute atomic E-state index is 0.211. The second kappa shape index (κ2) is 6.02. The van der Waals surface area contributed by atoms with E-state index in [9.17, 15) is 0 Å². The van der Waals surface area contributed by atoms with Gasteiger partial charge in [-0.1, -0.05) is 6.92 Å². The summed E-state index contributed by atoms with van der Waals surface area (Å²) in [5, 5.41) is 12.5. The third-order valence-electron chi connectivity index (χ3n) is 3.21. The molecule has 1 rings (SSSR count). The van der Waals surface area contributed by atoms with Gasteiger partial charge in [0.2, 0.25) is 5.95 Å². The number of nitrogens with one attached hydrogen (secondary N) is 1. The Labute approximate surface area is 103 Å². The maximum atomic E-state index is 9.07. The summed E-state index contributed by atoms with van der Waals surface area (Å²) in [4.78, 5) is 6.35. The molecule has 1 aromatic rings. The van der Waals surface area contributed by atoms with E-state index in [1.165, 1.54) is 0 Å². The van der Waals surface area contributed by atoms with Crippen LogP contribution in [0.25, 0.3) is 0 Å². The summed E-state index contributed by atoms with van der Waals surface area (Å²) in [6.45, 7) is 5.10. The molecule has 0 saturated carbocycles. The molecule has 1 aromatic heterocycles. The van der Waals surface area contributed by atoms with Crippen molar-refractivity contribution in [2.24, 2.45) is 13.0 Å². The van der Waals surface area contributed by atoms with Gasteiger partial charge in [-0.25, -0.2) is 4.98 Å². The molecule has 0 aliphatic rings. The second-order valence-electron chi connectivity index (χ2n) is 4.83. The Morgan fingerprint density at radius 1 is 1.47 bits per heavy atom. The standard InChI is InChI=1S/C12H24N4O/c1-9(8-17)10(2)13-6-11-7-14-12(15(3)4)16(11)5/h7,9-10,13,17H,6,8H2,1-5H3. The predicted octanol–water partition coefficient (Wildman–Crippen LogP) is 0.593. The third kappa shape index (κ3) is 3.44. The van der Waals surface area contributed by atoms with Crippen molar-refractivity contribution in [1.29, 1.82) is 0 Å². The second-order valence-corrected chi connectivity index (χ2v) is 4.83. The molecular weight excluding hydrogens is 216 g/mol. The van der Waals surface area contributed by atoms with Crippen LogP contribution in [0.2, 0.25) is 0 Å². The number of aliphatic hydroxyl groups is 1. The van der Waals surface area contributed by atoms with Gasteiger partial charge in [-0.3, -0.25) is 0 Å². The number of hydrogen-bond donors (Lipinski definition) is 2. The van der Waals surface area contributed by atoms with Gasteiger partial charge in [-0.15, -0.1) is 0 Å². The van der Waals surface area contributed by atoms with Crippen LogP contribution in [-0.4, -0.2) is 41.4 Å². The lowest BCUT2D eigenvalue weighted by Gasteiger charge is -2.19. The first kappa shape index (κ1) is 14.0. The summed E-state index contributed by atoms with van der Waals surface area (Å²) in [7, 11) is 5.98. The van der Waals surface area contributed by atoms with Crippen LogP contribution >= 0.6 is 0 Å². The molecule has 0 spiro atoms. The topological polar surface area (TPSA) is 53.3 Å². The Morgan fingerprint density at radius 3 is 2.59 bits per heavy atom. The van der Waals surface area contributed by atoms with Crippen molar-refractivity contribution in [1.82, 2.24) is 14.9 Å². The van der Waals surface area contributed by atoms with Gasteiger partial charge < -0.3 is 19.9 Å². The molecule has 0 saturated heterocycles. The highest BCUT2D eigenvalue weighted by atomic mass is 16.3. The molecule has 2 unspecified atom stereocenters. The highest BCUT2D eigenvalue weighted by molar-refractivity contribution is 5.30. The summed E-state index contributed by atoms with van der Waals surface area (Å²) in [6.07, 6.45) is 1.89. The van der Waals surface area contributed by atoms with E-state index in [2.05, 4.69) is 21.8 Å². The Morgan fingerprint density at radius 2 is 2.12 bits per heavy atom. The highest BCUT2D eigenvalue weighted by Crippen LogP contribution is 2.11. The zero-order valence-electron chi connectivity index (χ0n) is 11.4. The van der Waals surface area contributed by atoms with Crippen LogP contribution in [0, 0.1) is 5.92 Å². The van der Waals surface area contributed by atoms with Crippen LogP contribution in [0.5, 0.6) is 0 Å². The smallest absolute Gasteiger partial charge is 0.204 e. The number of aromatic nitrogens is 2. The van der Waals surface area contributed by atoms with Crippen molar-refractivity contribution in [3.05, 3.63) is 11.9 Å². The highest BCUT2D eigenvalue weighted by Gasteiger charge is 2.12. The van der Waals surface area contributed by atoms with Gasteiger partial charge in [0.05, 0.1) is 11.9 Å². The van der Waals surface area contributed by atoms with E-state index in [1.807, 2.05) is 39.2 Å². The summed E-state index contributed by atoms with van der Waals surface area (Å²) in [5.74, 6) is 1.21. The molecule has 2 N–H and O–H groups in total. The van der Waals surface area contributed by atoms with Gasteiger partial charge in [0.25, 0.3) is 0 Å². The van der Waals surface area contributed by atoms with Gasteiger partial charge in [-0.2, -0.15) is 0 Å². The molecule has 0 radical (unpaired) electrons. The van der Waals surface area contributed by atoms with E-state index in [-0.39, 0.29) is 18.6 Å². The molecule has 2 atom stereocenters. The number of anilines is 1. The Hall–Kier alpha value is -1.07. The number of hydrogen-bond acceptors (Lipinski definition) is 4. The predicted molar refractivity (Wildman–Crippen MR) is 70.1 cm³/mol. The van der Waals surface area contributed by atoms with Crippen LogP contribution in [0.15, 0.2) is 6.20 Å². The van der Waals surface area contributed by atoms with Crippen LogP contribution < -0.4 is 10.2 Å². The average Bonchev–Trinajstić information content (AvgIpc) is 2.66. The first-order chi connectivity index (χ1) is 7.97. The molecule has 0 amide bonds. The van der Waals surface area contributed by atoms with Crippen LogP contribution in [-0.2, 0) is 13.6 Å². The summed E-state index contributed by atoms with van der Waals surface area (Å²) < 4.78 is 2.07. The van der Waals surface area contributed by atoms with Gasteiger partial charge in [0.15, 0.2) is 0 Å². The number of imidazole rings is 1. The van der Waals surface area contributed by atoms with Crippen LogP contribution in [0.4, 0.5) is 5.95 Å². The number of rotatable bonds is 6. The molecule has 5 heteroatoms. The zero-order valence-corrected chi connectivity index (χ0v) is 11.4. The molecule has 0 fully saturated rings. The molecule has 0 aliphatic heterocycles. The van der Waals surface area contributed by atoms with Gasteiger partial charge in [0.1, 0.15) is 0 Å². The van der Waals surface area contributed by atoms with Gasteiger partial charge in [-0.05, 0) is 12.8 Å². The third-order valence-corrected chi connectivity index (χ3v) is 3.21. The number of aliphatic hydroxyl groups excluding tert-OH is 1. The fourth-order valence-electron chi connectivity index (χ4n) is 1.64. The van der Waals surface area contributed by atoms with Crippen molar-refractivity contribution in [2.75, 3.05) is 25.6 Å². The van der Waals surface area contributed by atoms with Crippen molar-refractivity contribution < 1.29 is 5.11 Å². The maximum absolute atomic E-state index is 9.07. The lowest BCUT2D eigenvalue weighted by Crippen LogP contribution is -2.33. The van der Waals surface area contributed by atoms with Crippen LogP contribution in [0.1, 0.15) is 19.5 Å². The minimum Gasteiger partial charge on any atom is -0.396 e. The molecule has 17 heavy (non-hydrogen) atoms. The molecule has 0 aliphatic carbocycles. The average molecular weight is 240 g/mol. The van der Waals surface area contributed by atoms with Crippen molar-refractivity contribution >= 4 is 5.95 Å². The Kier molecular flexibility index (Phi) is 4.96. The fourth-order valence-corrected chi connectivity index (χ4v) is 1.64. The van der Waals surface area contributed by atoms with Gasteiger partial charge in [0, 0.05) is 40.3 Å². The van der Waals surface area contributed by atoms with Crippen molar-refractivity contribution in [2.45, 2.75) is 26.4 Å². The lowest BCUT2D eigenvalue weighted by molar-refractivity contribution is 0.206. The summed E-state index contributed by atoms with van der Waals surface area (Å²) >= 11 is 0. The Bertz CT molecular complexity index is 348.